The van der Waals surface area contributed by atoms with Crippen LogP contribution in [0.3, 0.4) is 0 Å². The molecule has 0 aliphatic heterocycles. The van der Waals surface area contributed by atoms with Gasteiger partial charge in [-0.05, 0) is 38.5 Å². The minimum absolute atomic E-state index is 0.157. The van der Waals surface area contributed by atoms with Crippen molar-refractivity contribution in [3.05, 3.63) is 64.7 Å². The van der Waals surface area contributed by atoms with Crippen molar-refractivity contribution in [1.29, 1.82) is 0 Å². The van der Waals surface area contributed by atoms with Crippen LogP contribution in [-0.2, 0) is 16.0 Å². The number of hydrogen-bond donors (Lipinski definition) is 4. The zero-order valence-electron chi connectivity index (χ0n) is 21.0. The molecule has 0 bridgehead atoms. The maximum Gasteiger partial charge on any atom is 0.415 e. The van der Waals surface area contributed by atoms with Crippen molar-refractivity contribution in [2.24, 2.45) is 17.2 Å². The molecule has 11 nitrogen and oxygen atoms in total. The molecule has 0 fully saturated rings. The Hall–Kier alpha value is -3.93. The summed E-state index contributed by atoms with van der Waals surface area (Å²) in [5.41, 5.74) is 15.0. The van der Waals surface area contributed by atoms with Crippen LogP contribution in [0.15, 0.2) is 42.5 Å². The summed E-state index contributed by atoms with van der Waals surface area (Å²) < 4.78 is 5.50. The topological polar surface area (TPSA) is 196 Å². The maximum absolute atomic E-state index is 13.5. The number of anilines is 1. The Kier molecular flexibility index (Phi) is 9.78. The molecule has 0 radical (unpaired) electrons. The van der Waals surface area contributed by atoms with Gasteiger partial charge >= 0.3 is 12.1 Å². The number of benzene rings is 2. The van der Waals surface area contributed by atoms with Gasteiger partial charge in [-0.25, -0.2) is 9.59 Å². The number of hydrogen-bond acceptors (Lipinski definition) is 9. The van der Waals surface area contributed by atoms with E-state index in [1.54, 1.807) is 51.1 Å². The molecule has 0 saturated heterocycles. The predicted molar refractivity (Wildman–Crippen MR) is 137 cm³/mol. The van der Waals surface area contributed by atoms with Crippen LogP contribution < -0.4 is 22.1 Å². The minimum Gasteiger partial charge on any atom is -0.480 e. The molecule has 0 spiro atoms. The number of carbonyl (C=O) groups is 5. The number of Topliss-reactive ketones (excluding diaryl/α,β-unsaturated/α-hetero) is 3. The molecule has 0 heterocycles. The first-order chi connectivity index (χ1) is 17.4. The SMILES string of the molecule is CC(C)(C)OC(=O)N(c1ccc(C(=O)CN)c(C(=O)CN)c1C(=O)CN)C(Cc1ccccc1)C(=O)O. The lowest BCUT2D eigenvalue weighted by Gasteiger charge is -2.33. The van der Waals surface area contributed by atoms with Crippen LogP contribution in [0.25, 0.3) is 0 Å². The Morgan fingerprint density at radius 1 is 0.838 bits per heavy atom. The third-order valence-corrected chi connectivity index (χ3v) is 5.32. The van der Waals surface area contributed by atoms with Crippen LogP contribution >= 0.6 is 0 Å². The quantitative estimate of drug-likeness (QED) is 0.321. The Morgan fingerprint density at radius 2 is 1.38 bits per heavy atom. The summed E-state index contributed by atoms with van der Waals surface area (Å²) in [7, 11) is 0. The summed E-state index contributed by atoms with van der Waals surface area (Å²) in [6.45, 7) is 3.13. The fourth-order valence-corrected chi connectivity index (χ4v) is 3.74. The lowest BCUT2D eigenvalue weighted by molar-refractivity contribution is -0.138. The molecule has 0 aliphatic carbocycles. The number of carbonyl (C=O) groups excluding carboxylic acids is 4. The van der Waals surface area contributed by atoms with E-state index in [-0.39, 0.29) is 23.2 Å². The van der Waals surface area contributed by atoms with E-state index in [1.807, 2.05) is 0 Å². The lowest BCUT2D eigenvalue weighted by Crippen LogP contribution is -2.49. The van der Waals surface area contributed by atoms with Crippen LogP contribution in [0.5, 0.6) is 0 Å². The highest BCUT2D eigenvalue weighted by Gasteiger charge is 2.38. The van der Waals surface area contributed by atoms with E-state index in [9.17, 15) is 29.1 Å². The molecule has 0 aromatic heterocycles. The van der Waals surface area contributed by atoms with Crippen molar-refractivity contribution in [1.82, 2.24) is 0 Å². The maximum atomic E-state index is 13.5. The van der Waals surface area contributed by atoms with Crippen LogP contribution in [0, 0.1) is 0 Å². The molecule has 11 heteroatoms. The van der Waals surface area contributed by atoms with Gasteiger partial charge in [0, 0.05) is 17.5 Å². The second-order valence-electron chi connectivity index (χ2n) is 9.16. The largest absolute Gasteiger partial charge is 0.480 e. The third kappa shape index (κ3) is 7.06. The molecule has 0 saturated carbocycles. The molecule has 37 heavy (non-hydrogen) atoms. The molecule has 1 atom stereocenters. The van der Waals surface area contributed by atoms with E-state index in [0.29, 0.717) is 5.56 Å². The van der Waals surface area contributed by atoms with Gasteiger partial charge in [0.25, 0.3) is 0 Å². The average molecular weight is 513 g/mol. The van der Waals surface area contributed by atoms with E-state index in [2.05, 4.69) is 0 Å². The highest BCUT2D eigenvalue weighted by molar-refractivity contribution is 6.20. The molecule has 198 valence electrons. The Morgan fingerprint density at radius 3 is 1.86 bits per heavy atom. The highest BCUT2D eigenvalue weighted by Crippen LogP contribution is 2.32. The Labute approximate surface area is 214 Å². The lowest BCUT2D eigenvalue weighted by atomic mass is 9.89. The van der Waals surface area contributed by atoms with Gasteiger partial charge in [-0.2, -0.15) is 0 Å². The van der Waals surface area contributed by atoms with E-state index >= 15 is 0 Å². The number of carboxylic acids is 1. The molecule has 1 amide bonds. The number of nitrogens with two attached hydrogens (primary N) is 3. The first kappa shape index (κ1) is 29.3. The van der Waals surface area contributed by atoms with Gasteiger partial charge in [-0.15, -0.1) is 0 Å². The number of ketones is 3. The molecule has 2 aromatic rings. The van der Waals surface area contributed by atoms with Crippen molar-refractivity contribution in [3.63, 3.8) is 0 Å². The summed E-state index contributed by atoms with van der Waals surface area (Å²) in [5, 5.41) is 10.2. The van der Waals surface area contributed by atoms with E-state index in [1.165, 1.54) is 12.1 Å². The van der Waals surface area contributed by atoms with Crippen LogP contribution in [0.2, 0.25) is 0 Å². The fraction of sp³-hybridized carbons (Fsp3) is 0.346. The number of nitrogens with zero attached hydrogens (tertiary/aromatic N) is 1. The molecule has 0 aliphatic rings. The van der Waals surface area contributed by atoms with Crippen molar-refractivity contribution in [2.45, 2.75) is 38.8 Å². The van der Waals surface area contributed by atoms with Crippen molar-refractivity contribution in [2.75, 3.05) is 24.5 Å². The summed E-state index contributed by atoms with van der Waals surface area (Å²) in [5.74, 6) is -3.64. The zero-order chi connectivity index (χ0) is 27.9. The van der Waals surface area contributed by atoms with Crippen molar-refractivity contribution < 1.29 is 33.8 Å². The van der Waals surface area contributed by atoms with Gasteiger partial charge in [-0.1, -0.05) is 30.3 Å². The molecular formula is C26H32N4O7. The van der Waals surface area contributed by atoms with Gasteiger partial charge in [0.2, 0.25) is 0 Å². The normalized spacial score (nSPS) is 11.9. The molecular weight excluding hydrogens is 480 g/mol. The molecule has 2 rings (SSSR count). The van der Waals surface area contributed by atoms with Crippen molar-refractivity contribution in [3.8, 4) is 0 Å². The summed E-state index contributed by atoms with van der Waals surface area (Å²) in [6, 6.07) is 9.40. The monoisotopic (exact) mass is 512 g/mol. The highest BCUT2D eigenvalue weighted by atomic mass is 16.6. The van der Waals surface area contributed by atoms with E-state index < -0.39 is 66.3 Å². The third-order valence-electron chi connectivity index (χ3n) is 5.32. The zero-order valence-corrected chi connectivity index (χ0v) is 21.0. The predicted octanol–water partition coefficient (Wildman–Crippen LogP) is 1.55. The van der Waals surface area contributed by atoms with Crippen LogP contribution in [0.1, 0.15) is 57.4 Å². The summed E-state index contributed by atoms with van der Waals surface area (Å²) >= 11 is 0. The second kappa shape index (κ2) is 12.3. The first-order valence-electron chi connectivity index (χ1n) is 11.5. The fourth-order valence-electron chi connectivity index (χ4n) is 3.74. The van der Waals surface area contributed by atoms with Gasteiger partial charge in [0.15, 0.2) is 17.3 Å². The minimum atomic E-state index is -1.56. The summed E-state index contributed by atoms with van der Waals surface area (Å²) in [4.78, 5) is 65.4. The van der Waals surface area contributed by atoms with Crippen LogP contribution in [0.4, 0.5) is 10.5 Å². The van der Waals surface area contributed by atoms with Gasteiger partial charge < -0.3 is 27.0 Å². The van der Waals surface area contributed by atoms with Gasteiger partial charge in [-0.3, -0.25) is 19.3 Å². The number of rotatable bonds is 11. The van der Waals surface area contributed by atoms with E-state index in [0.717, 1.165) is 4.90 Å². The Balaban J connectivity index is 2.94. The van der Waals surface area contributed by atoms with E-state index in [4.69, 9.17) is 21.9 Å². The van der Waals surface area contributed by atoms with Crippen LogP contribution in [-0.4, -0.2) is 65.8 Å². The second-order valence-corrected chi connectivity index (χ2v) is 9.16. The van der Waals surface area contributed by atoms with Crippen molar-refractivity contribution >= 4 is 35.1 Å². The smallest absolute Gasteiger partial charge is 0.415 e. The number of amides is 1. The Bertz CT molecular complexity index is 1190. The number of ether oxygens (including phenoxy) is 1. The molecule has 1 unspecified atom stereocenters. The first-order valence-corrected chi connectivity index (χ1v) is 11.5. The number of carboxylic acid groups (broad SMARTS) is 1. The standard InChI is InChI=1S/C26H32N4O7/c1-26(2,3)37-25(36)30(18(24(34)35)11-15-7-5-4-6-8-15)17-10-9-16(19(31)12-27)22(20(32)13-28)23(17)21(33)14-29/h4-10,18H,11-14,27-29H2,1-3H3,(H,34,35). The number of aliphatic carboxylic acids is 1. The van der Waals surface area contributed by atoms with Gasteiger partial charge in [0.1, 0.15) is 11.6 Å². The van der Waals surface area contributed by atoms with Gasteiger partial charge in [0.05, 0.1) is 30.9 Å². The average Bonchev–Trinajstić information content (AvgIpc) is 2.85. The molecule has 2 aromatic carbocycles. The molecule has 7 N–H and O–H groups in total. The summed E-state index contributed by atoms with van der Waals surface area (Å²) in [6.07, 6.45) is -1.24.